The molecule has 3 amide bonds. The summed E-state index contributed by atoms with van der Waals surface area (Å²) in [6, 6.07) is 15.6. The molecule has 0 radical (unpaired) electrons. The number of rotatable bonds is 20. The van der Waals surface area contributed by atoms with E-state index >= 15 is 0 Å². The van der Waals surface area contributed by atoms with Gasteiger partial charge in [0, 0.05) is 50.8 Å². The third-order valence-corrected chi connectivity index (χ3v) is 7.84. The van der Waals surface area contributed by atoms with E-state index in [1.165, 1.54) is 29.2 Å². The first-order valence-electron chi connectivity index (χ1n) is 15.0. The van der Waals surface area contributed by atoms with Gasteiger partial charge < -0.3 is 25.7 Å². The smallest absolute Gasteiger partial charge is 0.323 e. The molecular weight excluding hydrogens is 644 g/mol. The molecule has 0 fully saturated rings. The lowest BCUT2D eigenvalue weighted by atomic mass is 10.2. The molecule has 2 aromatic heterocycles. The second-order valence-corrected chi connectivity index (χ2v) is 12.4. The van der Waals surface area contributed by atoms with Gasteiger partial charge in [-0.25, -0.2) is 18.4 Å². The summed E-state index contributed by atoms with van der Waals surface area (Å²) in [5, 5.41) is 29.0. The number of unbranched alkanes of at least 4 members (excludes halogenated alkanes) is 1. The largest absolute Gasteiger partial charge is 0.480 e. The van der Waals surface area contributed by atoms with Crippen LogP contribution in [0.4, 0.5) is 10.5 Å². The number of hydrogen-bond donors (Lipinski definition) is 5. The van der Waals surface area contributed by atoms with Crippen LogP contribution in [-0.4, -0.2) is 113 Å². The van der Waals surface area contributed by atoms with E-state index in [1.807, 2.05) is 36.4 Å². The lowest BCUT2D eigenvalue weighted by Gasteiger charge is -2.26. The topological polar surface area (TPSA) is 228 Å². The summed E-state index contributed by atoms with van der Waals surface area (Å²) in [5.74, 6) is -2.93. The van der Waals surface area contributed by atoms with Gasteiger partial charge in [-0.3, -0.25) is 34.2 Å². The summed E-state index contributed by atoms with van der Waals surface area (Å²) >= 11 is 0. The maximum absolute atomic E-state index is 12.8. The summed E-state index contributed by atoms with van der Waals surface area (Å²) < 4.78 is 22.9. The first-order valence-corrected chi connectivity index (χ1v) is 16.6. The van der Waals surface area contributed by atoms with Gasteiger partial charge in [-0.05, 0) is 67.9 Å². The minimum Gasteiger partial charge on any atom is -0.480 e. The van der Waals surface area contributed by atoms with E-state index in [0.29, 0.717) is 26.1 Å². The lowest BCUT2D eigenvalue weighted by Crippen LogP contribution is -2.46. The average Bonchev–Trinajstić information content (AvgIpc) is 3.03. The molecule has 48 heavy (non-hydrogen) atoms. The molecule has 0 aliphatic carbocycles. The number of pyridine rings is 2. The monoisotopic (exact) mass is 684 g/mol. The normalized spacial score (nSPS) is 11.3. The van der Waals surface area contributed by atoms with Crippen molar-refractivity contribution in [2.75, 3.05) is 51.1 Å². The predicted octanol–water partition coefficient (Wildman–Crippen LogP) is 1.03. The molecule has 258 valence electrons. The van der Waals surface area contributed by atoms with E-state index in [0.717, 1.165) is 29.3 Å². The number of sulfonamides is 1. The molecule has 2 heterocycles. The molecule has 16 nitrogen and oxygen atoms in total. The number of aliphatic carboxylic acids is 2. The number of amides is 3. The van der Waals surface area contributed by atoms with Crippen LogP contribution in [0.1, 0.15) is 24.2 Å². The highest BCUT2D eigenvalue weighted by Gasteiger charge is 2.21. The fourth-order valence-corrected chi connectivity index (χ4v) is 5.13. The van der Waals surface area contributed by atoms with E-state index in [-0.39, 0.29) is 30.2 Å². The van der Waals surface area contributed by atoms with Gasteiger partial charge in [0.2, 0.25) is 15.9 Å². The summed E-state index contributed by atoms with van der Waals surface area (Å²) in [6.07, 6.45) is 4.92. The molecule has 0 unspecified atom stereocenters. The van der Waals surface area contributed by atoms with Crippen LogP contribution >= 0.6 is 0 Å². The standard InChI is InChI=1S/C31H40N8O8S/c32-48(46,47)27-11-9-24(10-12-27)36-31(45)39(23-30(43)44)18-17-38(22-29(41)42)21-28(40)35-15-5-6-16-37(19-25-7-1-3-13-33-25)20-26-8-2-4-14-34-26/h1-4,7-14H,5-6,15-23H2,(H,35,40)(H,36,45)(H,41,42)(H,43,44)(H2,32,46,47). The minimum absolute atomic E-state index is 0.110. The van der Waals surface area contributed by atoms with Crippen molar-refractivity contribution >= 4 is 39.6 Å². The lowest BCUT2D eigenvalue weighted by molar-refractivity contribution is -0.140. The number of hydrogen-bond acceptors (Lipinski definition) is 10. The van der Waals surface area contributed by atoms with Gasteiger partial charge in [-0.15, -0.1) is 0 Å². The maximum atomic E-state index is 12.8. The second kappa shape index (κ2) is 19.0. The van der Waals surface area contributed by atoms with Crippen molar-refractivity contribution in [1.82, 2.24) is 30.0 Å². The average molecular weight is 685 g/mol. The molecule has 0 aliphatic heterocycles. The molecule has 0 aliphatic rings. The van der Waals surface area contributed by atoms with Gasteiger partial charge >= 0.3 is 18.0 Å². The number of anilines is 1. The van der Waals surface area contributed by atoms with Crippen molar-refractivity contribution in [1.29, 1.82) is 0 Å². The van der Waals surface area contributed by atoms with Crippen molar-refractivity contribution in [3.63, 3.8) is 0 Å². The van der Waals surface area contributed by atoms with Crippen LogP contribution < -0.4 is 15.8 Å². The Kier molecular flexibility index (Phi) is 14.8. The van der Waals surface area contributed by atoms with Crippen LogP contribution in [-0.2, 0) is 37.5 Å². The van der Waals surface area contributed by atoms with E-state index in [1.54, 1.807) is 12.4 Å². The van der Waals surface area contributed by atoms with Crippen molar-refractivity contribution < 1.29 is 37.8 Å². The van der Waals surface area contributed by atoms with Gasteiger partial charge in [0.25, 0.3) is 0 Å². The number of carbonyl (C=O) groups is 4. The summed E-state index contributed by atoms with van der Waals surface area (Å²) in [4.78, 5) is 61.5. The van der Waals surface area contributed by atoms with E-state index in [9.17, 15) is 37.8 Å². The Morgan fingerprint density at radius 3 is 1.85 bits per heavy atom. The SMILES string of the molecule is NS(=O)(=O)c1ccc(NC(=O)N(CCN(CC(=O)O)CC(=O)NCCCCN(Cc2ccccn2)Cc2ccccn2)CC(=O)O)cc1. The second-order valence-electron chi connectivity index (χ2n) is 10.8. The highest BCUT2D eigenvalue weighted by molar-refractivity contribution is 7.89. The molecule has 0 atom stereocenters. The number of benzene rings is 1. The Labute approximate surface area is 278 Å². The van der Waals surface area contributed by atoms with Gasteiger partial charge in [-0.1, -0.05) is 12.1 Å². The highest BCUT2D eigenvalue weighted by atomic mass is 32.2. The van der Waals surface area contributed by atoms with Crippen LogP contribution in [0, 0.1) is 0 Å². The maximum Gasteiger partial charge on any atom is 0.323 e. The molecule has 1 aromatic carbocycles. The van der Waals surface area contributed by atoms with Crippen molar-refractivity contribution in [2.45, 2.75) is 30.8 Å². The number of nitrogens with one attached hydrogen (secondary N) is 2. The quantitative estimate of drug-likeness (QED) is 0.105. The first-order chi connectivity index (χ1) is 22.9. The third kappa shape index (κ3) is 14.2. The van der Waals surface area contributed by atoms with E-state index in [4.69, 9.17) is 5.14 Å². The number of urea groups is 1. The Balaban J connectivity index is 1.49. The molecule has 3 aromatic rings. The summed E-state index contributed by atoms with van der Waals surface area (Å²) in [5.41, 5.74) is 2.04. The van der Waals surface area contributed by atoms with Crippen LogP contribution in [0.2, 0.25) is 0 Å². The van der Waals surface area contributed by atoms with Gasteiger partial charge in [0.05, 0.1) is 29.4 Å². The van der Waals surface area contributed by atoms with Gasteiger partial charge in [0.15, 0.2) is 0 Å². The van der Waals surface area contributed by atoms with Crippen molar-refractivity contribution in [3.05, 3.63) is 84.4 Å². The Morgan fingerprint density at radius 2 is 1.33 bits per heavy atom. The summed E-state index contributed by atoms with van der Waals surface area (Å²) in [6.45, 7) is 0.537. The molecule has 0 saturated carbocycles. The number of carboxylic acids is 2. The zero-order valence-corrected chi connectivity index (χ0v) is 27.1. The predicted molar refractivity (Wildman–Crippen MR) is 175 cm³/mol. The van der Waals surface area contributed by atoms with Crippen molar-refractivity contribution in [2.24, 2.45) is 5.14 Å². The number of aromatic nitrogens is 2. The number of nitrogens with two attached hydrogens (primary N) is 1. The Bertz CT molecular complexity index is 1550. The van der Waals surface area contributed by atoms with E-state index in [2.05, 4.69) is 25.5 Å². The molecule has 3 rings (SSSR count). The number of primary sulfonamides is 1. The molecule has 0 spiro atoms. The Hall–Kier alpha value is -4.97. The fraction of sp³-hybridized carbons (Fsp3) is 0.355. The van der Waals surface area contributed by atoms with Gasteiger partial charge in [-0.2, -0.15) is 0 Å². The Morgan fingerprint density at radius 1 is 0.729 bits per heavy atom. The zero-order valence-electron chi connectivity index (χ0n) is 26.3. The number of carbonyl (C=O) groups excluding carboxylic acids is 2. The molecule has 6 N–H and O–H groups in total. The summed E-state index contributed by atoms with van der Waals surface area (Å²) in [7, 11) is -3.95. The van der Waals surface area contributed by atoms with Gasteiger partial charge in [0.1, 0.15) is 6.54 Å². The molecule has 0 bridgehead atoms. The third-order valence-electron chi connectivity index (χ3n) is 6.91. The molecule has 17 heteroatoms. The minimum atomic E-state index is -3.95. The van der Waals surface area contributed by atoms with Crippen LogP contribution in [0.15, 0.2) is 78.0 Å². The first kappa shape index (κ1) is 37.5. The zero-order chi connectivity index (χ0) is 34.9. The van der Waals surface area contributed by atoms with Crippen LogP contribution in [0.3, 0.4) is 0 Å². The van der Waals surface area contributed by atoms with Crippen LogP contribution in [0.25, 0.3) is 0 Å². The van der Waals surface area contributed by atoms with Crippen molar-refractivity contribution in [3.8, 4) is 0 Å². The molecular formula is C31H40N8O8S. The van der Waals surface area contributed by atoms with Crippen LogP contribution in [0.5, 0.6) is 0 Å². The number of carboxylic acid groups (broad SMARTS) is 2. The van der Waals surface area contributed by atoms with E-state index < -0.39 is 47.0 Å². The number of nitrogens with zero attached hydrogens (tertiary/aromatic N) is 5. The fourth-order valence-electron chi connectivity index (χ4n) is 4.62. The highest BCUT2D eigenvalue weighted by Crippen LogP contribution is 2.14. The molecule has 0 saturated heterocycles.